The lowest BCUT2D eigenvalue weighted by Gasteiger charge is -2.07. The van der Waals surface area contributed by atoms with Gasteiger partial charge in [0, 0.05) is 12.1 Å². The fourth-order valence-corrected chi connectivity index (χ4v) is 1.10. The van der Waals surface area contributed by atoms with Crippen LogP contribution in [0.3, 0.4) is 0 Å². The maximum Gasteiger partial charge on any atom is 0.224 e. The molecule has 1 radical (unpaired) electrons. The van der Waals surface area contributed by atoms with E-state index in [2.05, 4.69) is 5.32 Å². The second kappa shape index (κ2) is 4.65. The third kappa shape index (κ3) is 2.58. The Kier molecular flexibility index (Phi) is 3.50. The second-order valence-electron chi connectivity index (χ2n) is 2.78. The van der Waals surface area contributed by atoms with Crippen molar-refractivity contribution in [2.75, 3.05) is 5.32 Å². The van der Waals surface area contributed by atoms with Crippen molar-refractivity contribution in [2.24, 2.45) is 0 Å². The quantitative estimate of drug-likeness (QED) is 0.753. The van der Waals surface area contributed by atoms with Crippen LogP contribution in [-0.2, 0) is 4.79 Å². The van der Waals surface area contributed by atoms with Gasteiger partial charge in [0.1, 0.15) is 0 Å². The molecule has 0 aliphatic rings. The molecule has 2 nitrogen and oxygen atoms in total. The number of amides is 1. The van der Waals surface area contributed by atoms with Gasteiger partial charge in [0.2, 0.25) is 5.91 Å². The van der Waals surface area contributed by atoms with Crippen LogP contribution >= 0.6 is 0 Å². The SMILES string of the molecule is C[CH]c1ccccc1NC(=O)CC. The summed E-state index contributed by atoms with van der Waals surface area (Å²) in [6.45, 7) is 3.80. The minimum atomic E-state index is 0.0503. The van der Waals surface area contributed by atoms with E-state index in [1.165, 1.54) is 0 Å². The summed E-state index contributed by atoms with van der Waals surface area (Å²) in [7, 11) is 0. The van der Waals surface area contributed by atoms with Crippen molar-refractivity contribution in [1.82, 2.24) is 0 Å². The van der Waals surface area contributed by atoms with Gasteiger partial charge in [0.15, 0.2) is 0 Å². The first-order chi connectivity index (χ1) is 6.27. The molecule has 1 amide bonds. The largest absolute Gasteiger partial charge is 0.326 e. The van der Waals surface area contributed by atoms with Crippen molar-refractivity contribution in [3.8, 4) is 0 Å². The molecule has 69 valence electrons. The molecule has 1 rings (SSSR count). The van der Waals surface area contributed by atoms with Gasteiger partial charge in [-0.2, -0.15) is 0 Å². The molecule has 13 heavy (non-hydrogen) atoms. The van der Waals surface area contributed by atoms with Crippen LogP contribution in [0.1, 0.15) is 25.8 Å². The molecule has 0 aliphatic carbocycles. The van der Waals surface area contributed by atoms with E-state index in [0.29, 0.717) is 6.42 Å². The predicted octanol–water partition coefficient (Wildman–Crippen LogP) is 2.61. The van der Waals surface area contributed by atoms with E-state index in [9.17, 15) is 4.79 Å². The predicted molar refractivity (Wildman–Crippen MR) is 54.4 cm³/mol. The lowest BCUT2D eigenvalue weighted by atomic mass is 10.1. The highest BCUT2D eigenvalue weighted by Gasteiger charge is 2.02. The van der Waals surface area contributed by atoms with Gasteiger partial charge in [0.05, 0.1) is 0 Å². The van der Waals surface area contributed by atoms with Crippen LogP contribution in [0, 0.1) is 6.42 Å². The highest BCUT2D eigenvalue weighted by atomic mass is 16.1. The molecule has 1 aromatic carbocycles. The van der Waals surface area contributed by atoms with Gasteiger partial charge in [0.25, 0.3) is 0 Å². The molecule has 0 fully saturated rings. The molecule has 0 saturated carbocycles. The van der Waals surface area contributed by atoms with E-state index in [-0.39, 0.29) is 5.91 Å². The molecule has 0 atom stereocenters. The fraction of sp³-hybridized carbons (Fsp3) is 0.273. The van der Waals surface area contributed by atoms with Crippen molar-refractivity contribution >= 4 is 11.6 Å². The highest BCUT2D eigenvalue weighted by molar-refractivity contribution is 5.91. The molecule has 0 aliphatic heterocycles. The van der Waals surface area contributed by atoms with Crippen LogP contribution in [0.5, 0.6) is 0 Å². The van der Waals surface area contributed by atoms with Gasteiger partial charge in [-0.3, -0.25) is 4.79 Å². The van der Waals surface area contributed by atoms with Crippen LogP contribution in [0.15, 0.2) is 24.3 Å². The third-order valence-electron chi connectivity index (χ3n) is 1.87. The summed E-state index contributed by atoms with van der Waals surface area (Å²) in [5, 5.41) is 2.84. The first-order valence-electron chi connectivity index (χ1n) is 4.46. The zero-order chi connectivity index (χ0) is 9.68. The van der Waals surface area contributed by atoms with Crippen molar-refractivity contribution in [3.63, 3.8) is 0 Å². The Morgan fingerprint density at radius 1 is 1.46 bits per heavy atom. The second-order valence-corrected chi connectivity index (χ2v) is 2.78. The maximum absolute atomic E-state index is 11.1. The summed E-state index contributed by atoms with van der Waals surface area (Å²) in [5.41, 5.74) is 1.95. The Balaban J connectivity index is 2.81. The first kappa shape index (κ1) is 9.78. The zero-order valence-electron chi connectivity index (χ0n) is 8.00. The van der Waals surface area contributed by atoms with Crippen LogP contribution in [0.25, 0.3) is 0 Å². The fourth-order valence-electron chi connectivity index (χ4n) is 1.10. The van der Waals surface area contributed by atoms with E-state index in [4.69, 9.17) is 0 Å². The number of carbonyl (C=O) groups is 1. The van der Waals surface area contributed by atoms with Crippen LogP contribution < -0.4 is 5.32 Å². The van der Waals surface area contributed by atoms with Crippen molar-refractivity contribution < 1.29 is 4.79 Å². The number of nitrogens with one attached hydrogen (secondary N) is 1. The Morgan fingerprint density at radius 2 is 2.15 bits per heavy atom. The van der Waals surface area contributed by atoms with Crippen LogP contribution in [0.2, 0.25) is 0 Å². The van der Waals surface area contributed by atoms with Gasteiger partial charge in [-0.15, -0.1) is 0 Å². The van der Waals surface area contributed by atoms with Gasteiger partial charge in [-0.1, -0.05) is 32.0 Å². The summed E-state index contributed by atoms with van der Waals surface area (Å²) in [6, 6.07) is 7.75. The molecule has 0 heterocycles. The summed E-state index contributed by atoms with van der Waals surface area (Å²) >= 11 is 0. The molecule has 0 spiro atoms. The first-order valence-corrected chi connectivity index (χ1v) is 4.46. The van der Waals surface area contributed by atoms with Crippen molar-refractivity contribution in [2.45, 2.75) is 20.3 Å². The molecule has 0 aromatic heterocycles. The average Bonchev–Trinajstić information content (AvgIpc) is 2.18. The number of hydrogen-bond acceptors (Lipinski definition) is 1. The Labute approximate surface area is 79.0 Å². The molecule has 0 saturated heterocycles. The average molecular weight is 176 g/mol. The molecular weight excluding hydrogens is 162 g/mol. The summed E-state index contributed by atoms with van der Waals surface area (Å²) in [5.74, 6) is 0.0503. The number of anilines is 1. The van der Waals surface area contributed by atoms with Gasteiger partial charge >= 0.3 is 0 Å². The maximum atomic E-state index is 11.1. The third-order valence-corrected chi connectivity index (χ3v) is 1.87. The molecule has 1 aromatic rings. The van der Waals surface area contributed by atoms with Crippen LogP contribution in [0.4, 0.5) is 5.69 Å². The van der Waals surface area contributed by atoms with Gasteiger partial charge in [-0.25, -0.2) is 0 Å². The van der Waals surface area contributed by atoms with E-state index < -0.39 is 0 Å². The number of rotatable bonds is 3. The lowest BCUT2D eigenvalue weighted by Crippen LogP contribution is -2.10. The Morgan fingerprint density at radius 3 is 2.77 bits per heavy atom. The van der Waals surface area contributed by atoms with E-state index in [0.717, 1.165) is 11.3 Å². The Hall–Kier alpha value is -1.31. The minimum absolute atomic E-state index is 0.0503. The molecule has 2 heteroatoms. The van der Waals surface area contributed by atoms with Gasteiger partial charge < -0.3 is 5.32 Å². The monoisotopic (exact) mass is 176 g/mol. The summed E-state index contributed by atoms with van der Waals surface area (Å²) in [4.78, 5) is 11.1. The number of carbonyl (C=O) groups excluding carboxylic acids is 1. The number of para-hydroxylation sites is 1. The lowest BCUT2D eigenvalue weighted by molar-refractivity contribution is -0.115. The van der Waals surface area contributed by atoms with Crippen molar-refractivity contribution in [1.29, 1.82) is 0 Å². The smallest absolute Gasteiger partial charge is 0.224 e. The molecule has 1 N–H and O–H groups in total. The van der Waals surface area contributed by atoms with E-state index in [1.807, 2.05) is 44.5 Å². The van der Waals surface area contributed by atoms with Crippen molar-refractivity contribution in [3.05, 3.63) is 36.2 Å². The summed E-state index contributed by atoms with van der Waals surface area (Å²) < 4.78 is 0. The normalized spacial score (nSPS) is 9.69. The van der Waals surface area contributed by atoms with E-state index >= 15 is 0 Å². The zero-order valence-corrected chi connectivity index (χ0v) is 8.00. The molecule has 0 unspecified atom stereocenters. The van der Waals surface area contributed by atoms with Crippen LogP contribution in [-0.4, -0.2) is 5.91 Å². The minimum Gasteiger partial charge on any atom is -0.326 e. The van der Waals surface area contributed by atoms with Gasteiger partial charge in [-0.05, 0) is 18.1 Å². The Bertz CT molecular complexity index is 294. The topological polar surface area (TPSA) is 29.1 Å². The molecule has 0 bridgehead atoms. The summed E-state index contributed by atoms with van der Waals surface area (Å²) in [6.07, 6.45) is 2.49. The standard InChI is InChI=1S/C11H14NO/c1-3-9-7-5-6-8-10(9)12-11(13)4-2/h3,5-8H,4H2,1-2H3,(H,12,13). The number of hydrogen-bond donors (Lipinski definition) is 1. The van der Waals surface area contributed by atoms with E-state index in [1.54, 1.807) is 0 Å². The molecular formula is C11H14NO. The highest BCUT2D eigenvalue weighted by Crippen LogP contribution is 2.16. The number of benzene rings is 1.